The first-order valence-corrected chi connectivity index (χ1v) is 6.97. The minimum absolute atomic E-state index is 0.0190. The molecule has 2 rings (SSSR count). The van der Waals surface area contributed by atoms with E-state index in [-0.39, 0.29) is 17.8 Å². The zero-order valence-corrected chi connectivity index (χ0v) is 11.7. The molecule has 5 N–H and O–H groups in total. The fraction of sp³-hybridized carbons (Fsp3) is 0.538. The summed E-state index contributed by atoms with van der Waals surface area (Å²) in [6.45, 7) is 2.19. The number of nitrogens with zero attached hydrogens (tertiary/aromatic N) is 4. The smallest absolute Gasteiger partial charge is 0.225 e. The van der Waals surface area contributed by atoms with E-state index in [0.29, 0.717) is 5.82 Å². The van der Waals surface area contributed by atoms with Gasteiger partial charge in [-0.3, -0.25) is 0 Å². The summed E-state index contributed by atoms with van der Waals surface area (Å²) in [4.78, 5) is 19.7. The fourth-order valence-electron chi connectivity index (χ4n) is 2.21. The van der Waals surface area contributed by atoms with Gasteiger partial charge in [-0.25, -0.2) is 4.98 Å². The van der Waals surface area contributed by atoms with Crippen molar-refractivity contribution in [2.24, 2.45) is 0 Å². The van der Waals surface area contributed by atoms with Gasteiger partial charge in [0.2, 0.25) is 11.9 Å². The molecule has 0 aliphatic heterocycles. The summed E-state index contributed by atoms with van der Waals surface area (Å²) in [5.74, 6) is 1.71. The quantitative estimate of drug-likeness (QED) is 0.663. The standard InChI is InChI=1S/C13H21N7/c1-2-3-4-5-6-9(10-16-7-8-17-10)11-18-12(14)20-13(15)19-11/h7-9H,2-6H2,1H3,(H,16,17)(H4,14,15,18,19,20). The second-order valence-electron chi connectivity index (χ2n) is 4.79. The Morgan fingerprint density at radius 3 is 2.45 bits per heavy atom. The van der Waals surface area contributed by atoms with Crippen molar-refractivity contribution in [2.45, 2.75) is 44.9 Å². The Bertz CT molecular complexity index is 503. The molecule has 0 spiro atoms. The van der Waals surface area contributed by atoms with E-state index in [1.807, 2.05) is 0 Å². The molecule has 0 aromatic carbocycles. The van der Waals surface area contributed by atoms with E-state index in [9.17, 15) is 0 Å². The number of rotatable bonds is 7. The molecule has 20 heavy (non-hydrogen) atoms. The van der Waals surface area contributed by atoms with Gasteiger partial charge in [-0.05, 0) is 6.42 Å². The van der Waals surface area contributed by atoms with Crippen molar-refractivity contribution in [1.82, 2.24) is 24.9 Å². The molecule has 2 heterocycles. The minimum Gasteiger partial charge on any atom is -0.368 e. The van der Waals surface area contributed by atoms with Gasteiger partial charge in [-0.1, -0.05) is 32.6 Å². The molecule has 0 amide bonds. The Morgan fingerprint density at radius 2 is 1.85 bits per heavy atom. The molecule has 2 aromatic rings. The van der Waals surface area contributed by atoms with Crippen molar-refractivity contribution in [2.75, 3.05) is 11.5 Å². The molecule has 0 saturated carbocycles. The van der Waals surface area contributed by atoms with Gasteiger partial charge < -0.3 is 16.5 Å². The maximum atomic E-state index is 5.65. The summed E-state index contributed by atoms with van der Waals surface area (Å²) >= 11 is 0. The van der Waals surface area contributed by atoms with Crippen molar-refractivity contribution in [3.8, 4) is 0 Å². The van der Waals surface area contributed by atoms with Crippen molar-refractivity contribution >= 4 is 11.9 Å². The predicted molar refractivity (Wildman–Crippen MR) is 77.8 cm³/mol. The topological polar surface area (TPSA) is 119 Å². The number of hydrogen-bond acceptors (Lipinski definition) is 6. The summed E-state index contributed by atoms with van der Waals surface area (Å²) in [7, 11) is 0. The minimum atomic E-state index is -0.0190. The lowest BCUT2D eigenvalue weighted by Gasteiger charge is -2.13. The van der Waals surface area contributed by atoms with Crippen LogP contribution in [0.1, 0.15) is 56.6 Å². The number of nitrogens with two attached hydrogens (primary N) is 2. The lowest BCUT2D eigenvalue weighted by molar-refractivity contribution is 0.566. The molecule has 2 aromatic heterocycles. The van der Waals surface area contributed by atoms with Crippen LogP contribution in [0, 0.1) is 0 Å². The highest BCUT2D eigenvalue weighted by atomic mass is 15.1. The van der Waals surface area contributed by atoms with Gasteiger partial charge in [0.05, 0.1) is 5.92 Å². The number of imidazole rings is 1. The van der Waals surface area contributed by atoms with Gasteiger partial charge in [0.15, 0.2) is 0 Å². The Morgan fingerprint density at radius 1 is 1.10 bits per heavy atom. The average Bonchev–Trinajstić information content (AvgIpc) is 2.91. The van der Waals surface area contributed by atoms with Crippen LogP contribution in [0.3, 0.4) is 0 Å². The first-order chi connectivity index (χ1) is 9.70. The monoisotopic (exact) mass is 275 g/mol. The number of nitrogen functional groups attached to an aromatic ring is 2. The molecule has 108 valence electrons. The van der Waals surface area contributed by atoms with Gasteiger partial charge in [0.1, 0.15) is 11.6 Å². The van der Waals surface area contributed by atoms with E-state index in [1.165, 1.54) is 19.3 Å². The van der Waals surface area contributed by atoms with Crippen molar-refractivity contribution in [1.29, 1.82) is 0 Å². The number of aromatic amines is 1. The van der Waals surface area contributed by atoms with Crippen molar-refractivity contribution in [3.05, 3.63) is 24.0 Å². The molecule has 0 aliphatic rings. The van der Waals surface area contributed by atoms with Gasteiger partial charge in [0, 0.05) is 12.4 Å². The summed E-state index contributed by atoms with van der Waals surface area (Å²) in [5.41, 5.74) is 11.3. The molecular formula is C13H21N7. The van der Waals surface area contributed by atoms with Crippen LogP contribution in [0.25, 0.3) is 0 Å². The Balaban J connectivity index is 2.17. The third kappa shape index (κ3) is 3.66. The molecule has 0 fully saturated rings. The van der Waals surface area contributed by atoms with Crippen LogP contribution in [0.2, 0.25) is 0 Å². The fourth-order valence-corrected chi connectivity index (χ4v) is 2.21. The largest absolute Gasteiger partial charge is 0.368 e. The Hall–Kier alpha value is -2.18. The summed E-state index contributed by atoms with van der Waals surface area (Å²) in [6.07, 6.45) is 9.14. The van der Waals surface area contributed by atoms with Crippen LogP contribution >= 0.6 is 0 Å². The second kappa shape index (κ2) is 6.83. The Labute approximate surface area is 118 Å². The maximum Gasteiger partial charge on any atom is 0.225 e. The molecule has 0 radical (unpaired) electrons. The Kier molecular flexibility index (Phi) is 4.86. The van der Waals surface area contributed by atoms with E-state index in [1.54, 1.807) is 12.4 Å². The molecule has 0 bridgehead atoms. The third-order valence-corrected chi connectivity index (χ3v) is 3.19. The van der Waals surface area contributed by atoms with Gasteiger partial charge in [-0.15, -0.1) is 0 Å². The lowest BCUT2D eigenvalue weighted by atomic mass is 9.99. The number of aromatic nitrogens is 5. The average molecular weight is 275 g/mol. The van der Waals surface area contributed by atoms with E-state index in [4.69, 9.17) is 11.5 Å². The van der Waals surface area contributed by atoms with Crippen LogP contribution < -0.4 is 11.5 Å². The zero-order chi connectivity index (χ0) is 14.4. The molecule has 1 unspecified atom stereocenters. The van der Waals surface area contributed by atoms with Crippen LogP contribution in [0.5, 0.6) is 0 Å². The van der Waals surface area contributed by atoms with E-state index < -0.39 is 0 Å². The van der Waals surface area contributed by atoms with Crippen molar-refractivity contribution in [3.63, 3.8) is 0 Å². The van der Waals surface area contributed by atoms with Gasteiger partial charge in [-0.2, -0.15) is 15.0 Å². The third-order valence-electron chi connectivity index (χ3n) is 3.19. The van der Waals surface area contributed by atoms with Crippen LogP contribution in [-0.2, 0) is 0 Å². The highest BCUT2D eigenvalue weighted by Crippen LogP contribution is 2.25. The van der Waals surface area contributed by atoms with Crippen LogP contribution in [0.15, 0.2) is 12.4 Å². The predicted octanol–water partition coefficient (Wildman–Crippen LogP) is 1.86. The second-order valence-corrected chi connectivity index (χ2v) is 4.79. The number of H-pyrrole nitrogens is 1. The highest BCUT2D eigenvalue weighted by Gasteiger charge is 2.20. The maximum absolute atomic E-state index is 5.65. The highest BCUT2D eigenvalue weighted by molar-refractivity contribution is 5.28. The summed E-state index contributed by atoms with van der Waals surface area (Å²) in [6, 6.07) is 0. The molecular weight excluding hydrogens is 254 g/mol. The molecule has 7 nitrogen and oxygen atoms in total. The molecule has 7 heteroatoms. The zero-order valence-electron chi connectivity index (χ0n) is 11.7. The number of unbranched alkanes of at least 4 members (excludes halogenated alkanes) is 3. The molecule has 0 saturated heterocycles. The number of anilines is 2. The normalized spacial score (nSPS) is 12.4. The first kappa shape index (κ1) is 14.2. The van der Waals surface area contributed by atoms with Crippen LogP contribution in [-0.4, -0.2) is 24.9 Å². The van der Waals surface area contributed by atoms with Gasteiger partial charge in [0.25, 0.3) is 0 Å². The molecule has 1 atom stereocenters. The summed E-state index contributed by atoms with van der Waals surface area (Å²) in [5, 5.41) is 0. The number of nitrogens with one attached hydrogen (secondary N) is 1. The van der Waals surface area contributed by atoms with Crippen molar-refractivity contribution < 1.29 is 0 Å². The van der Waals surface area contributed by atoms with E-state index in [2.05, 4.69) is 31.8 Å². The molecule has 0 aliphatic carbocycles. The summed E-state index contributed by atoms with van der Waals surface area (Å²) < 4.78 is 0. The SMILES string of the molecule is CCCCCCC(c1nc(N)nc(N)n1)c1ncc[nH]1. The van der Waals surface area contributed by atoms with E-state index in [0.717, 1.165) is 18.7 Å². The first-order valence-electron chi connectivity index (χ1n) is 6.97. The lowest BCUT2D eigenvalue weighted by Crippen LogP contribution is -2.13. The van der Waals surface area contributed by atoms with Gasteiger partial charge >= 0.3 is 0 Å². The van der Waals surface area contributed by atoms with E-state index >= 15 is 0 Å². The number of hydrogen-bond donors (Lipinski definition) is 3. The van der Waals surface area contributed by atoms with Crippen LogP contribution in [0.4, 0.5) is 11.9 Å².